The Balaban J connectivity index is 2.49. The molecule has 0 aromatic heterocycles. The zero-order valence-electron chi connectivity index (χ0n) is 6.79. The lowest BCUT2D eigenvalue weighted by Gasteiger charge is -2.04. The number of hydrogen-bond acceptors (Lipinski definition) is 3. The molecule has 0 saturated carbocycles. The van der Waals surface area contributed by atoms with Crippen molar-refractivity contribution in [2.45, 2.75) is 0 Å². The van der Waals surface area contributed by atoms with Crippen molar-refractivity contribution in [3.63, 3.8) is 0 Å². The van der Waals surface area contributed by atoms with Crippen LogP contribution < -0.4 is 14.2 Å². The van der Waals surface area contributed by atoms with Crippen LogP contribution in [0.4, 0.5) is 0 Å². The zero-order chi connectivity index (χ0) is 8.55. The first-order valence-electron chi connectivity index (χ1n) is 3.61. The molecule has 0 bridgehead atoms. The lowest BCUT2D eigenvalue weighted by molar-refractivity contribution is 0.174. The molecule has 12 heavy (non-hydrogen) atoms. The van der Waals surface area contributed by atoms with Crippen molar-refractivity contribution in [3.8, 4) is 17.2 Å². The second-order valence-electron chi connectivity index (χ2n) is 2.52. The van der Waals surface area contributed by atoms with Crippen LogP contribution in [0.2, 0.25) is 0 Å². The Hall–Kier alpha value is -1.38. The molecular formula is C9H9O3. The molecule has 1 aromatic carbocycles. The van der Waals surface area contributed by atoms with Crippen LogP contribution in [-0.2, 0) is 0 Å². The van der Waals surface area contributed by atoms with Crippen molar-refractivity contribution in [1.82, 2.24) is 0 Å². The Morgan fingerprint density at radius 3 is 2.67 bits per heavy atom. The molecular weight excluding hydrogens is 156 g/mol. The molecule has 3 nitrogen and oxygen atoms in total. The van der Waals surface area contributed by atoms with Gasteiger partial charge in [-0.2, -0.15) is 0 Å². The molecule has 1 heterocycles. The van der Waals surface area contributed by atoms with Crippen LogP contribution in [0.5, 0.6) is 17.2 Å². The largest absolute Gasteiger partial charge is 0.496 e. The molecule has 0 atom stereocenters. The van der Waals surface area contributed by atoms with Gasteiger partial charge < -0.3 is 14.2 Å². The molecule has 63 valence electrons. The minimum Gasteiger partial charge on any atom is -0.496 e. The van der Waals surface area contributed by atoms with E-state index in [2.05, 4.69) is 6.92 Å². The monoisotopic (exact) mass is 165 g/mol. The van der Waals surface area contributed by atoms with Gasteiger partial charge in [-0.3, -0.25) is 0 Å². The van der Waals surface area contributed by atoms with Gasteiger partial charge in [0.1, 0.15) is 5.75 Å². The molecule has 0 saturated heterocycles. The number of benzene rings is 1. The average molecular weight is 165 g/mol. The van der Waals surface area contributed by atoms with Gasteiger partial charge in [-0.15, -0.1) is 0 Å². The number of methoxy groups -OCH3 is 1. The molecule has 3 heteroatoms. The van der Waals surface area contributed by atoms with Gasteiger partial charge in [0.2, 0.25) is 6.79 Å². The van der Waals surface area contributed by atoms with Gasteiger partial charge in [0, 0.05) is 6.07 Å². The number of fused-ring (bicyclic) bond motifs is 1. The second-order valence-corrected chi connectivity index (χ2v) is 2.52. The number of rotatable bonds is 1. The predicted molar refractivity (Wildman–Crippen MR) is 43.6 cm³/mol. The number of ether oxygens (including phenoxy) is 3. The summed E-state index contributed by atoms with van der Waals surface area (Å²) in [7, 11) is 1.60. The van der Waals surface area contributed by atoms with Gasteiger partial charge in [-0.1, -0.05) is 0 Å². The summed E-state index contributed by atoms with van der Waals surface area (Å²) >= 11 is 0. The first kappa shape index (κ1) is 7.28. The highest BCUT2D eigenvalue weighted by molar-refractivity contribution is 5.52. The fraction of sp³-hybridized carbons (Fsp3) is 0.222. The van der Waals surface area contributed by atoms with Crippen LogP contribution in [0.1, 0.15) is 5.56 Å². The molecule has 0 unspecified atom stereocenters. The van der Waals surface area contributed by atoms with Crippen LogP contribution in [0, 0.1) is 6.92 Å². The van der Waals surface area contributed by atoms with E-state index in [1.807, 2.05) is 0 Å². The highest BCUT2D eigenvalue weighted by Crippen LogP contribution is 2.37. The Morgan fingerprint density at radius 1 is 1.33 bits per heavy atom. The molecule has 1 aliphatic heterocycles. The molecule has 0 spiro atoms. The normalized spacial score (nSPS) is 13.2. The standard InChI is InChI=1S/C9H9O3/c1-6-3-8-9(12-5-11-8)4-7(6)10-2/h3-4H,1,5H2,2H3. The summed E-state index contributed by atoms with van der Waals surface area (Å²) in [5, 5.41) is 0. The minimum absolute atomic E-state index is 0.280. The molecule has 1 aliphatic rings. The second kappa shape index (κ2) is 2.59. The summed E-state index contributed by atoms with van der Waals surface area (Å²) in [5.74, 6) is 2.18. The minimum atomic E-state index is 0.280. The molecule has 0 N–H and O–H groups in total. The molecule has 1 aromatic rings. The zero-order valence-corrected chi connectivity index (χ0v) is 6.79. The van der Waals surface area contributed by atoms with E-state index in [0.29, 0.717) is 0 Å². The van der Waals surface area contributed by atoms with Gasteiger partial charge in [-0.05, 0) is 18.6 Å². The maximum absolute atomic E-state index is 5.17. The van der Waals surface area contributed by atoms with Crippen LogP contribution >= 0.6 is 0 Å². The van der Waals surface area contributed by atoms with Crippen molar-refractivity contribution in [3.05, 3.63) is 24.6 Å². The average Bonchev–Trinajstić information content (AvgIpc) is 2.49. The van der Waals surface area contributed by atoms with Crippen LogP contribution in [0.3, 0.4) is 0 Å². The van der Waals surface area contributed by atoms with Gasteiger partial charge >= 0.3 is 0 Å². The van der Waals surface area contributed by atoms with Crippen molar-refractivity contribution in [1.29, 1.82) is 0 Å². The summed E-state index contributed by atoms with van der Waals surface area (Å²) in [6.45, 7) is 4.09. The fourth-order valence-corrected chi connectivity index (χ4v) is 1.16. The molecule has 0 aliphatic carbocycles. The quantitative estimate of drug-likeness (QED) is 0.632. The maximum atomic E-state index is 5.17. The summed E-state index contributed by atoms with van der Waals surface area (Å²) in [6, 6.07) is 3.59. The van der Waals surface area contributed by atoms with Crippen molar-refractivity contribution >= 4 is 0 Å². The predicted octanol–water partition coefficient (Wildman–Crippen LogP) is 1.61. The van der Waals surface area contributed by atoms with Crippen LogP contribution in [0.25, 0.3) is 0 Å². The Bertz CT molecular complexity index is 306. The highest BCUT2D eigenvalue weighted by atomic mass is 16.7. The molecule has 0 fully saturated rings. The number of hydrogen-bond donors (Lipinski definition) is 0. The molecule has 1 radical (unpaired) electrons. The van der Waals surface area contributed by atoms with Crippen molar-refractivity contribution in [2.24, 2.45) is 0 Å². The van der Waals surface area contributed by atoms with Crippen LogP contribution in [0.15, 0.2) is 12.1 Å². The Kier molecular flexibility index (Phi) is 1.57. The van der Waals surface area contributed by atoms with E-state index in [4.69, 9.17) is 14.2 Å². The summed E-state index contributed by atoms with van der Waals surface area (Å²) in [5.41, 5.74) is 0.807. The fourth-order valence-electron chi connectivity index (χ4n) is 1.16. The third-order valence-electron chi connectivity index (χ3n) is 1.78. The van der Waals surface area contributed by atoms with E-state index < -0.39 is 0 Å². The van der Waals surface area contributed by atoms with Gasteiger partial charge in [0.15, 0.2) is 11.5 Å². The first-order valence-corrected chi connectivity index (χ1v) is 3.61. The summed E-state index contributed by atoms with van der Waals surface area (Å²) in [4.78, 5) is 0. The van der Waals surface area contributed by atoms with E-state index >= 15 is 0 Å². The highest BCUT2D eigenvalue weighted by Gasteiger charge is 2.15. The lowest BCUT2D eigenvalue weighted by atomic mass is 10.2. The Labute approximate surface area is 70.9 Å². The van der Waals surface area contributed by atoms with E-state index in [9.17, 15) is 0 Å². The van der Waals surface area contributed by atoms with Crippen LogP contribution in [-0.4, -0.2) is 13.9 Å². The lowest BCUT2D eigenvalue weighted by Crippen LogP contribution is -1.92. The summed E-state index contributed by atoms with van der Waals surface area (Å²) < 4.78 is 15.4. The van der Waals surface area contributed by atoms with Crippen molar-refractivity contribution < 1.29 is 14.2 Å². The maximum Gasteiger partial charge on any atom is 0.231 e. The topological polar surface area (TPSA) is 27.7 Å². The smallest absolute Gasteiger partial charge is 0.231 e. The molecule has 0 amide bonds. The van der Waals surface area contributed by atoms with Gasteiger partial charge in [0.05, 0.1) is 7.11 Å². The van der Waals surface area contributed by atoms with Gasteiger partial charge in [0.25, 0.3) is 0 Å². The van der Waals surface area contributed by atoms with E-state index in [1.165, 1.54) is 0 Å². The van der Waals surface area contributed by atoms with E-state index in [1.54, 1.807) is 19.2 Å². The third-order valence-corrected chi connectivity index (χ3v) is 1.78. The summed E-state index contributed by atoms with van der Waals surface area (Å²) in [6.07, 6.45) is 0. The van der Waals surface area contributed by atoms with E-state index in [0.717, 1.165) is 22.8 Å². The van der Waals surface area contributed by atoms with Gasteiger partial charge in [-0.25, -0.2) is 0 Å². The SMILES string of the molecule is [CH2]c1cc2c(cc1OC)OCO2. The van der Waals surface area contributed by atoms with Crippen molar-refractivity contribution in [2.75, 3.05) is 13.9 Å². The van der Waals surface area contributed by atoms with E-state index in [-0.39, 0.29) is 6.79 Å². The molecule has 2 rings (SSSR count). The third kappa shape index (κ3) is 0.978. The Morgan fingerprint density at radius 2 is 2.00 bits per heavy atom. The first-order chi connectivity index (χ1) is 5.81.